The molecule has 7 heteroatoms. The number of benzene rings is 1. The van der Waals surface area contributed by atoms with E-state index in [1.807, 2.05) is 17.0 Å². The van der Waals surface area contributed by atoms with Gasteiger partial charge in [-0.1, -0.05) is 24.3 Å². The second kappa shape index (κ2) is 9.81. The van der Waals surface area contributed by atoms with Crippen LogP contribution < -0.4 is 5.73 Å². The van der Waals surface area contributed by atoms with Crippen LogP contribution in [0.15, 0.2) is 24.3 Å². The van der Waals surface area contributed by atoms with Gasteiger partial charge >= 0.3 is 0 Å². The van der Waals surface area contributed by atoms with Gasteiger partial charge in [0, 0.05) is 40.0 Å². The van der Waals surface area contributed by atoms with Crippen LogP contribution in [0.1, 0.15) is 49.7 Å². The van der Waals surface area contributed by atoms with Gasteiger partial charge in [0.1, 0.15) is 0 Å². The maximum absolute atomic E-state index is 12.6. The summed E-state index contributed by atoms with van der Waals surface area (Å²) in [5.41, 5.74) is 7.75. The van der Waals surface area contributed by atoms with E-state index in [-0.39, 0.29) is 23.6 Å². The molecule has 31 heavy (non-hydrogen) atoms. The Labute approximate surface area is 185 Å². The van der Waals surface area contributed by atoms with E-state index in [4.69, 9.17) is 5.73 Å². The summed E-state index contributed by atoms with van der Waals surface area (Å²) in [7, 11) is 3.52. The van der Waals surface area contributed by atoms with Crippen LogP contribution >= 0.6 is 0 Å². The number of hydrogen-bond acceptors (Lipinski definition) is 4. The zero-order valence-electron chi connectivity index (χ0n) is 19.1. The molecule has 3 amide bonds. The molecule has 0 unspecified atom stereocenters. The summed E-state index contributed by atoms with van der Waals surface area (Å²) < 4.78 is 0. The molecule has 0 spiro atoms. The highest BCUT2D eigenvalue weighted by molar-refractivity contribution is 5.81. The monoisotopic (exact) mass is 428 g/mol. The summed E-state index contributed by atoms with van der Waals surface area (Å²) in [6, 6.07) is 8.31. The van der Waals surface area contributed by atoms with Gasteiger partial charge in [0.15, 0.2) is 0 Å². The lowest BCUT2D eigenvalue weighted by atomic mass is 9.71. The molecule has 1 aromatic rings. The van der Waals surface area contributed by atoms with Crippen LogP contribution in [-0.4, -0.2) is 79.2 Å². The van der Waals surface area contributed by atoms with Crippen LogP contribution in [0.25, 0.3) is 0 Å². The van der Waals surface area contributed by atoms with Crippen molar-refractivity contribution < 1.29 is 14.4 Å². The molecule has 1 atom stereocenters. The summed E-state index contributed by atoms with van der Waals surface area (Å²) in [5.74, 6) is 0.228. The Morgan fingerprint density at radius 2 is 1.81 bits per heavy atom. The first-order chi connectivity index (χ1) is 14.7. The van der Waals surface area contributed by atoms with Crippen molar-refractivity contribution in [3.8, 4) is 0 Å². The van der Waals surface area contributed by atoms with Crippen molar-refractivity contribution in [1.82, 2.24) is 14.7 Å². The summed E-state index contributed by atoms with van der Waals surface area (Å²) in [4.78, 5) is 42.2. The minimum Gasteiger partial charge on any atom is -0.369 e. The van der Waals surface area contributed by atoms with E-state index in [0.717, 1.165) is 31.5 Å². The van der Waals surface area contributed by atoms with Crippen molar-refractivity contribution in [3.63, 3.8) is 0 Å². The molecule has 2 aliphatic heterocycles. The standard InChI is InChI=1S/C24H36N4O3/c1-18(29)28-12-6-8-20(16-28)21-9-5-4-7-19(21)15-24(23(25)31)10-13-27(14-11-24)17-22(30)26(2)3/h4-5,7,9,20H,6,8,10-17H2,1-3H3,(H2,25,31)/t20-/m0/s1. The molecule has 0 radical (unpaired) electrons. The minimum absolute atomic E-state index is 0.0734. The molecule has 0 aliphatic carbocycles. The Morgan fingerprint density at radius 3 is 2.42 bits per heavy atom. The van der Waals surface area contributed by atoms with Crippen LogP contribution in [-0.2, 0) is 20.8 Å². The van der Waals surface area contributed by atoms with Crippen molar-refractivity contribution in [3.05, 3.63) is 35.4 Å². The van der Waals surface area contributed by atoms with E-state index in [1.165, 1.54) is 5.56 Å². The minimum atomic E-state index is -0.595. The zero-order valence-corrected chi connectivity index (χ0v) is 19.1. The van der Waals surface area contributed by atoms with Gasteiger partial charge in [-0.2, -0.15) is 0 Å². The van der Waals surface area contributed by atoms with E-state index >= 15 is 0 Å². The van der Waals surface area contributed by atoms with Crippen LogP contribution in [0.2, 0.25) is 0 Å². The fourth-order valence-corrected chi connectivity index (χ4v) is 4.96. The zero-order chi connectivity index (χ0) is 22.6. The molecule has 2 aliphatic rings. The number of piperidine rings is 2. The van der Waals surface area contributed by atoms with E-state index in [9.17, 15) is 14.4 Å². The van der Waals surface area contributed by atoms with Gasteiger partial charge in [-0.05, 0) is 56.3 Å². The van der Waals surface area contributed by atoms with Crippen molar-refractivity contribution in [2.75, 3.05) is 46.8 Å². The highest BCUT2D eigenvalue weighted by atomic mass is 16.2. The van der Waals surface area contributed by atoms with E-state index in [1.54, 1.807) is 25.9 Å². The van der Waals surface area contributed by atoms with Crippen LogP contribution in [0.4, 0.5) is 0 Å². The molecule has 2 N–H and O–H groups in total. The lowest BCUT2D eigenvalue weighted by Gasteiger charge is -2.40. The third-order valence-electron chi connectivity index (χ3n) is 7.08. The molecule has 0 aromatic heterocycles. The Kier molecular flexibility index (Phi) is 7.36. The predicted octanol–water partition coefficient (Wildman–Crippen LogP) is 1.61. The lowest BCUT2D eigenvalue weighted by molar-refractivity contribution is -0.133. The van der Waals surface area contributed by atoms with Gasteiger partial charge in [0.25, 0.3) is 0 Å². The van der Waals surface area contributed by atoms with E-state index < -0.39 is 5.41 Å². The molecule has 2 fully saturated rings. The third-order valence-corrected chi connectivity index (χ3v) is 7.08. The average molecular weight is 429 g/mol. The first kappa shape index (κ1) is 23.3. The van der Waals surface area contributed by atoms with Gasteiger partial charge in [-0.3, -0.25) is 19.3 Å². The number of primary amides is 1. The number of nitrogens with two attached hydrogens (primary N) is 1. The quantitative estimate of drug-likeness (QED) is 0.746. The average Bonchev–Trinajstić information content (AvgIpc) is 2.75. The molecule has 0 bridgehead atoms. The molecular formula is C24H36N4O3. The molecule has 7 nitrogen and oxygen atoms in total. The fraction of sp³-hybridized carbons (Fsp3) is 0.625. The normalized spacial score (nSPS) is 21.5. The van der Waals surface area contributed by atoms with Gasteiger partial charge in [0.2, 0.25) is 17.7 Å². The topological polar surface area (TPSA) is 87.0 Å². The van der Waals surface area contributed by atoms with Crippen molar-refractivity contribution >= 4 is 17.7 Å². The third kappa shape index (κ3) is 5.45. The predicted molar refractivity (Wildman–Crippen MR) is 120 cm³/mol. The molecule has 2 saturated heterocycles. The molecule has 1 aromatic carbocycles. The van der Waals surface area contributed by atoms with Crippen molar-refractivity contribution in [2.45, 2.75) is 44.9 Å². The second-order valence-electron chi connectivity index (χ2n) is 9.39. The second-order valence-corrected chi connectivity index (χ2v) is 9.39. The van der Waals surface area contributed by atoms with E-state index in [2.05, 4.69) is 17.0 Å². The van der Waals surface area contributed by atoms with Crippen LogP contribution in [0.5, 0.6) is 0 Å². The lowest BCUT2D eigenvalue weighted by Crippen LogP contribution is -2.50. The molecule has 0 saturated carbocycles. The summed E-state index contributed by atoms with van der Waals surface area (Å²) in [6.07, 6.45) is 3.97. The number of carbonyl (C=O) groups excluding carboxylic acids is 3. The maximum Gasteiger partial charge on any atom is 0.236 e. The Bertz CT molecular complexity index is 815. The van der Waals surface area contributed by atoms with E-state index in [0.29, 0.717) is 38.9 Å². The maximum atomic E-state index is 12.6. The van der Waals surface area contributed by atoms with Gasteiger partial charge in [-0.25, -0.2) is 0 Å². The summed E-state index contributed by atoms with van der Waals surface area (Å²) in [5, 5.41) is 0. The largest absolute Gasteiger partial charge is 0.369 e. The van der Waals surface area contributed by atoms with Crippen LogP contribution in [0.3, 0.4) is 0 Å². The summed E-state index contributed by atoms with van der Waals surface area (Å²) >= 11 is 0. The molecule has 3 rings (SSSR count). The van der Waals surface area contributed by atoms with Gasteiger partial charge < -0.3 is 15.5 Å². The number of likely N-dealkylation sites (tertiary alicyclic amines) is 2. The smallest absolute Gasteiger partial charge is 0.236 e. The summed E-state index contributed by atoms with van der Waals surface area (Å²) in [6.45, 7) is 4.93. The Balaban J connectivity index is 1.75. The van der Waals surface area contributed by atoms with Crippen molar-refractivity contribution in [2.24, 2.45) is 11.1 Å². The number of nitrogens with zero attached hydrogens (tertiary/aromatic N) is 3. The SMILES string of the molecule is CC(=O)N1CCC[C@H](c2ccccc2CC2(C(N)=O)CCN(CC(=O)N(C)C)CC2)C1. The Morgan fingerprint density at radius 1 is 1.13 bits per heavy atom. The molecular weight excluding hydrogens is 392 g/mol. The first-order valence-corrected chi connectivity index (χ1v) is 11.3. The highest BCUT2D eigenvalue weighted by Gasteiger charge is 2.41. The van der Waals surface area contributed by atoms with Gasteiger partial charge in [0.05, 0.1) is 12.0 Å². The van der Waals surface area contributed by atoms with Crippen molar-refractivity contribution in [1.29, 1.82) is 0 Å². The molecule has 2 heterocycles. The number of carbonyl (C=O) groups is 3. The van der Waals surface area contributed by atoms with Crippen LogP contribution in [0, 0.1) is 5.41 Å². The number of likely N-dealkylation sites (N-methyl/N-ethyl adjacent to an activating group) is 1. The van der Waals surface area contributed by atoms with Gasteiger partial charge in [-0.15, -0.1) is 0 Å². The highest BCUT2D eigenvalue weighted by Crippen LogP contribution is 2.38. The fourth-order valence-electron chi connectivity index (χ4n) is 4.96. The number of amides is 3. The molecule has 170 valence electrons. The number of rotatable bonds is 6. The number of hydrogen-bond donors (Lipinski definition) is 1. The Hall–Kier alpha value is -2.41. The first-order valence-electron chi connectivity index (χ1n) is 11.3.